The number of ketones is 1. The van der Waals surface area contributed by atoms with Crippen molar-refractivity contribution < 1.29 is 27.4 Å². The highest BCUT2D eigenvalue weighted by molar-refractivity contribution is 5.97. The monoisotopic (exact) mass is 339 g/mol. The molecule has 0 aliphatic rings. The van der Waals surface area contributed by atoms with Crippen molar-refractivity contribution >= 4 is 5.78 Å². The van der Waals surface area contributed by atoms with Gasteiger partial charge in [-0.05, 0) is 35.9 Å². The van der Waals surface area contributed by atoms with Gasteiger partial charge in [0.2, 0.25) is 0 Å². The smallest absolute Gasteiger partial charge is 0.419 e. The molecule has 0 radical (unpaired) electrons. The lowest BCUT2D eigenvalue weighted by Gasteiger charge is -2.15. The molecule has 0 saturated carbocycles. The fourth-order valence-electron chi connectivity index (χ4n) is 2.05. The summed E-state index contributed by atoms with van der Waals surface area (Å²) in [5, 5.41) is 0. The van der Waals surface area contributed by atoms with Crippen LogP contribution in [-0.2, 0) is 12.8 Å². The van der Waals surface area contributed by atoms with E-state index in [1.54, 1.807) is 24.3 Å². The largest absolute Gasteiger partial charge is 0.497 e. The summed E-state index contributed by atoms with van der Waals surface area (Å²) in [6, 6.07) is 9.93. The SMILES string of the molecule is COc1ccc(COc2ccc(C(=O)CN)cc2C(F)(F)F)cc1. The fourth-order valence-corrected chi connectivity index (χ4v) is 2.05. The van der Waals surface area contributed by atoms with E-state index in [0.29, 0.717) is 11.3 Å². The van der Waals surface area contributed by atoms with Crippen molar-refractivity contribution in [2.75, 3.05) is 13.7 Å². The summed E-state index contributed by atoms with van der Waals surface area (Å²) < 4.78 is 49.8. The van der Waals surface area contributed by atoms with Crippen LogP contribution in [0.4, 0.5) is 13.2 Å². The van der Waals surface area contributed by atoms with Gasteiger partial charge in [-0.15, -0.1) is 0 Å². The number of halogens is 3. The van der Waals surface area contributed by atoms with Crippen molar-refractivity contribution in [1.82, 2.24) is 0 Å². The van der Waals surface area contributed by atoms with Crippen LogP contribution in [0, 0.1) is 0 Å². The number of hydrogen-bond acceptors (Lipinski definition) is 4. The molecule has 0 atom stereocenters. The van der Waals surface area contributed by atoms with Gasteiger partial charge in [-0.3, -0.25) is 4.79 Å². The number of alkyl halides is 3. The summed E-state index contributed by atoms with van der Waals surface area (Å²) in [7, 11) is 1.52. The molecule has 0 heterocycles. The fraction of sp³-hybridized carbons (Fsp3) is 0.235. The van der Waals surface area contributed by atoms with Crippen molar-refractivity contribution in [2.45, 2.75) is 12.8 Å². The summed E-state index contributed by atoms with van der Waals surface area (Å²) in [5.41, 5.74) is 4.77. The highest BCUT2D eigenvalue weighted by Gasteiger charge is 2.35. The van der Waals surface area contributed by atoms with Crippen LogP contribution >= 0.6 is 0 Å². The maximum Gasteiger partial charge on any atom is 0.419 e. The number of benzene rings is 2. The molecule has 7 heteroatoms. The molecule has 0 aromatic heterocycles. The Morgan fingerprint density at radius 3 is 2.33 bits per heavy atom. The molecule has 24 heavy (non-hydrogen) atoms. The molecule has 0 saturated heterocycles. The lowest BCUT2D eigenvalue weighted by atomic mass is 10.1. The zero-order chi connectivity index (χ0) is 17.7. The second-order valence-corrected chi connectivity index (χ2v) is 4.97. The standard InChI is InChI=1S/C17H16F3NO3/c1-23-13-5-2-11(3-6-13)10-24-16-7-4-12(15(22)9-21)8-14(16)17(18,19)20/h2-8H,9-10,21H2,1H3. The molecule has 0 fully saturated rings. The van der Waals surface area contributed by atoms with E-state index in [-0.39, 0.29) is 24.5 Å². The van der Waals surface area contributed by atoms with Crippen molar-refractivity contribution in [1.29, 1.82) is 0 Å². The Labute approximate surface area is 137 Å². The Morgan fingerprint density at radius 2 is 1.79 bits per heavy atom. The molecule has 0 aliphatic heterocycles. The lowest BCUT2D eigenvalue weighted by molar-refractivity contribution is -0.139. The molecule has 0 aliphatic carbocycles. The summed E-state index contributed by atoms with van der Waals surface area (Å²) in [6.45, 7) is -0.402. The quantitative estimate of drug-likeness (QED) is 0.819. The Balaban J connectivity index is 2.23. The van der Waals surface area contributed by atoms with Crippen molar-refractivity contribution in [3.8, 4) is 11.5 Å². The van der Waals surface area contributed by atoms with E-state index in [2.05, 4.69) is 0 Å². The highest BCUT2D eigenvalue weighted by atomic mass is 19.4. The highest BCUT2D eigenvalue weighted by Crippen LogP contribution is 2.37. The summed E-state index contributed by atoms with van der Waals surface area (Å²) in [5.74, 6) is -0.270. The number of carbonyl (C=O) groups is 1. The van der Waals surface area contributed by atoms with Crippen LogP contribution < -0.4 is 15.2 Å². The number of rotatable bonds is 6. The number of Topliss-reactive ketones (excluding diaryl/α,β-unsaturated/α-hetero) is 1. The van der Waals surface area contributed by atoms with E-state index in [1.807, 2.05) is 0 Å². The zero-order valence-corrected chi connectivity index (χ0v) is 12.9. The van der Waals surface area contributed by atoms with Gasteiger partial charge in [-0.1, -0.05) is 12.1 Å². The third-order valence-corrected chi connectivity index (χ3v) is 3.35. The van der Waals surface area contributed by atoms with Gasteiger partial charge >= 0.3 is 6.18 Å². The van der Waals surface area contributed by atoms with E-state index in [1.165, 1.54) is 13.2 Å². The van der Waals surface area contributed by atoms with E-state index >= 15 is 0 Å². The Hall–Kier alpha value is -2.54. The second-order valence-electron chi connectivity index (χ2n) is 4.97. The first-order valence-electron chi connectivity index (χ1n) is 7.05. The Morgan fingerprint density at radius 1 is 1.12 bits per heavy atom. The van der Waals surface area contributed by atoms with E-state index in [4.69, 9.17) is 15.2 Å². The average Bonchev–Trinajstić information content (AvgIpc) is 2.58. The van der Waals surface area contributed by atoms with Gasteiger partial charge in [0.25, 0.3) is 0 Å². The molecule has 0 bridgehead atoms. The molecule has 2 aromatic carbocycles. The van der Waals surface area contributed by atoms with Gasteiger partial charge in [0.15, 0.2) is 5.78 Å². The van der Waals surface area contributed by atoms with Gasteiger partial charge in [-0.25, -0.2) is 0 Å². The average molecular weight is 339 g/mol. The third kappa shape index (κ3) is 4.26. The number of methoxy groups -OCH3 is 1. The molecule has 2 aromatic rings. The van der Waals surface area contributed by atoms with Crippen molar-refractivity contribution in [2.24, 2.45) is 5.73 Å². The molecule has 2 rings (SSSR count). The van der Waals surface area contributed by atoms with Gasteiger partial charge in [0.1, 0.15) is 18.1 Å². The maximum absolute atomic E-state index is 13.2. The zero-order valence-electron chi connectivity index (χ0n) is 12.9. The van der Waals surface area contributed by atoms with E-state index < -0.39 is 17.5 Å². The minimum Gasteiger partial charge on any atom is -0.497 e. The molecule has 2 N–H and O–H groups in total. The predicted octanol–water partition coefficient (Wildman–Crippen LogP) is 3.43. The van der Waals surface area contributed by atoms with Crippen LogP contribution in [-0.4, -0.2) is 19.4 Å². The van der Waals surface area contributed by atoms with Crippen molar-refractivity contribution in [3.63, 3.8) is 0 Å². The molecule has 0 amide bonds. The maximum atomic E-state index is 13.2. The number of ether oxygens (including phenoxy) is 2. The first kappa shape index (κ1) is 17.8. The molecule has 0 spiro atoms. The van der Waals surface area contributed by atoms with Crippen LogP contribution in [0.1, 0.15) is 21.5 Å². The lowest BCUT2D eigenvalue weighted by Crippen LogP contribution is -2.16. The molecular formula is C17H16F3NO3. The third-order valence-electron chi connectivity index (χ3n) is 3.35. The number of nitrogens with two attached hydrogens (primary N) is 1. The predicted molar refractivity (Wildman–Crippen MR) is 82.2 cm³/mol. The number of carbonyl (C=O) groups excluding carboxylic acids is 1. The molecular weight excluding hydrogens is 323 g/mol. The minimum absolute atomic E-state index is 0.0444. The van der Waals surface area contributed by atoms with E-state index in [0.717, 1.165) is 12.1 Å². The van der Waals surface area contributed by atoms with Crippen molar-refractivity contribution in [3.05, 3.63) is 59.2 Å². The van der Waals surface area contributed by atoms with Crippen LogP contribution in [0.15, 0.2) is 42.5 Å². The Bertz CT molecular complexity index is 712. The van der Waals surface area contributed by atoms with Gasteiger partial charge in [0.05, 0.1) is 19.2 Å². The summed E-state index contributed by atoms with van der Waals surface area (Å²) >= 11 is 0. The summed E-state index contributed by atoms with van der Waals surface area (Å²) in [4.78, 5) is 11.5. The van der Waals surface area contributed by atoms with Crippen LogP contribution in [0.2, 0.25) is 0 Å². The molecule has 128 valence electrons. The first-order chi connectivity index (χ1) is 11.3. The minimum atomic E-state index is -4.64. The van der Waals surface area contributed by atoms with Gasteiger partial charge in [-0.2, -0.15) is 13.2 Å². The van der Waals surface area contributed by atoms with Crippen LogP contribution in [0.5, 0.6) is 11.5 Å². The normalized spacial score (nSPS) is 11.2. The molecule has 0 unspecified atom stereocenters. The van der Waals surface area contributed by atoms with Gasteiger partial charge < -0.3 is 15.2 Å². The van der Waals surface area contributed by atoms with Crippen LogP contribution in [0.3, 0.4) is 0 Å². The van der Waals surface area contributed by atoms with Crippen LogP contribution in [0.25, 0.3) is 0 Å². The number of hydrogen-bond donors (Lipinski definition) is 1. The first-order valence-corrected chi connectivity index (χ1v) is 7.05. The van der Waals surface area contributed by atoms with E-state index in [9.17, 15) is 18.0 Å². The van der Waals surface area contributed by atoms with Gasteiger partial charge in [0, 0.05) is 5.56 Å². The topological polar surface area (TPSA) is 61.5 Å². The second kappa shape index (κ2) is 7.35. The Kier molecular flexibility index (Phi) is 5.46. The molecule has 4 nitrogen and oxygen atoms in total. The summed E-state index contributed by atoms with van der Waals surface area (Å²) in [6.07, 6.45) is -4.64.